The summed E-state index contributed by atoms with van der Waals surface area (Å²) in [6.07, 6.45) is 0. The predicted molar refractivity (Wildman–Crippen MR) is 46.6 cm³/mol. The summed E-state index contributed by atoms with van der Waals surface area (Å²) >= 11 is 0. The van der Waals surface area contributed by atoms with E-state index in [2.05, 4.69) is 0 Å². The lowest BCUT2D eigenvalue weighted by Crippen LogP contribution is -2.57. The summed E-state index contributed by atoms with van der Waals surface area (Å²) in [5, 5.41) is 26.4. The topological polar surface area (TPSA) is 107 Å². The zero-order chi connectivity index (χ0) is 10.5. The summed E-state index contributed by atoms with van der Waals surface area (Å²) in [6, 6.07) is 0. The number of sulfonamides is 1. The summed E-state index contributed by atoms with van der Waals surface area (Å²) in [6.45, 7) is -0.545. The molecule has 0 aromatic rings. The fraction of sp³-hybridized carbons (Fsp3) is 1.00. The molecule has 0 radical (unpaired) electrons. The zero-order valence-corrected chi connectivity index (χ0v) is 8.21. The Kier molecular flexibility index (Phi) is 4.79. The Labute approximate surface area is 77.3 Å². The first-order valence-corrected chi connectivity index (χ1v) is 5.44. The third kappa shape index (κ3) is 3.57. The second-order valence-electron chi connectivity index (χ2n) is 2.76. The van der Waals surface area contributed by atoms with Crippen molar-refractivity contribution >= 4 is 10.0 Å². The van der Waals surface area contributed by atoms with Crippen molar-refractivity contribution in [2.24, 2.45) is 0 Å². The monoisotopic (exact) mass is 213 g/mol. The van der Waals surface area contributed by atoms with Crippen molar-refractivity contribution in [3.05, 3.63) is 0 Å². The van der Waals surface area contributed by atoms with Gasteiger partial charge < -0.3 is 15.3 Å². The van der Waals surface area contributed by atoms with Gasteiger partial charge in [-0.15, -0.1) is 0 Å². The van der Waals surface area contributed by atoms with Crippen LogP contribution in [-0.2, 0) is 10.0 Å². The van der Waals surface area contributed by atoms with E-state index < -0.39 is 35.4 Å². The molecule has 6 nitrogen and oxygen atoms in total. The number of aliphatic hydroxyl groups is 3. The predicted octanol–water partition coefficient (Wildman–Crippen LogP) is -2.36. The van der Waals surface area contributed by atoms with E-state index in [0.29, 0.717) is 0 Å². The highest BCUT2D eigenvalue weighted by atomic mass is 32.2. The molecule has 80 valence electrons. The molecule has 0 saturated carbocycles. The molecule has 0 saturated heterocycles. The van der Waals surface area contributed by atoms with Gasteiger partial charge in [-0.25, -0.2) is 13.1 Å². The second kappa shape index (κ2) is 4.87. The Morgan fingerprint density at radius 3 is 1.77 bits per heavy atom. The first-order chi connectivity index (χ1) is 5.95. The van der Waals surface area contributed by atoms with Crippen molar-refractivity contribution in [1.82, 2.24) is 4.72 Å². The Morgan fingerprint density at radius 1 is 1.15 bits per heavy atom. The van der Waals surface area contributed by atoms with Crippen LogP contribution in [0.4, 0.5) is 0 Å². The van der Waals surface area contributed by atoms with Crippen LogP contribution in [0.5, 0.6) is 0 Å². The molecule has 0 spiro atoms. The maximum Gasteiger partial charge on any atom is 0.212 e. The van der Waals surface area contributed by atoms with Gasteiger partial charge in [-0.3, -0.25) is 0 Å². The molecule has 0 aliphatic rings. The van der Waals surface area contributed by atoms with Gasteiger partial charge in [-0.2, -0.15) is 0 Å². The Bertz CT molecular complexity index is 225. The Morgan fingerprint density at radius 2 is 1.54 bits per heavy atom. The molecule has 0 aromatic carbocycles. The molecular weight excluding hydrogens is 198 g/mol. The normalized spacial score (nSPS) is 13.2. The van der Waals surface area contributed by atoms with Crippen molar-refractivity contribution in [3.8, 4) is 0 Å². The third-order valence-corrected chi connectivity index (χ3v) is 3.16. The van der Waals surface area contributed by atoms with Crippen LogP contribution in [0.25, 0.3) is 0 Å². The fourth-order valence-corrected chi connectivity index (χ4v) is 1.65. The molecule has 0 rings (SSSR count). The summed E-state index contributed by atoms with van der Waals surface area (Å²) in [4.78, 5) is 0. The molecule has 0 aromatic heterocycles. The first kappa shape index (κ1) is 12.8. The molecule has 0 atom stereocenters. The van der Waals surface area contributed by atoms with Crippen molar-refractivity contribution in [2.75, 3.05) is 25.6 Å². The van der Waals surface area contributed by atoms with Gasteiger partial charge in [0.2, 0.25) is 10.0 Å². The largest absolute Gasteiger partial charge is 0.394 e. The number of hydrogen-bond acceptors (Lipinski definition) is 5. The molecule has 0 bridgehead atoms. The van der Waals surface area contributed by atoms with E-state index in [1.165, 1.54) is 6.92 Å². The van der Waals surface area contributed by atoms with E-state index in [1.807, 2.05) is 4.72 Å². The van der Waals surface area contributed by atoms with E-state index >= 15 is 0 Å². The molecule has 4 N–H and O–H groups in total. The van der Waals surface area contributed by atoms with Crippen LogP contribution in [0.2, 0.25) is 0 Å². The average Bonchev–Trinajstić information content (AvgIpc) is 2.14. The van der Waals surface area contributed by atoms with Crippen LogP contribution in [0.3, 0.4) is 0 Å². The number of rotatable bonds is 6. The molecule has 13 heavy (non-hydrogen) atoms. The van der Waals surface area contributed by atoms with E-state index in [4.69, 9.17) is 15.3 Å². The van der Waals surface area contributed by atoms with E-state index in [0.717, 1.165) is 0 Å². The molecule has 0 amide bonds. The van der Waals surface area contributed by atoms with Gasteiger partial charge in [0.25, 0.3) is 0 Å². The Hall–Kier alpha value is -0.210. The van der Waals surface area contributed by atoms with Crippen LogP contribution in [-0.4, -0.2) is 54.8 Å². The maximum absolute atomic E-state index is 11.0. The molecule has 0 fully saturated rings. The van der Waals surface area contributed by atoms with Gasteiger partial charge in [0.05, 0.1) is 25.6 Å². The summed E-state index contributed by atoms with van der Waals surface area (Å²) in [5.74, 6) is -0.172. The van der Waals surface area contributed by atoms with Gasteiger partial charge in [0.15, 0.2) is 0 Å². The molecule has 0 aliphatic heterocycles. The highest BCUT2D eigenvalue weighted by molar-refractivity contribution is 7.89. The zero-order valence-electron chi connectivity index (χ0n) is 7.39. The fourth-order valence-electron chi connectivity index (χ4n) is 0.649. The summed E-state index contributed by atoms with van der Waals surface area (Å²) in [5.41, 5.74) is -1.56. The van der Waals surface area contributed by atoms with Gasteiger partial charge in [0.1, 0.15) is 5.54 Å². The van der Waals surface area contributed by atoms with Crippen molar-refractivity contribution in [1.29, 1.82) is 0 Å². The molecule has 0 aliphatic carbocycles. The molecule has 0 heterocycles. The van der Waals surface area contributed by atoms with Crippen molar-refractivity contribution < 1.29 is 23.7 Å². The summed E-state index contributed by atoms with van der Waals surface area (Å²) < 4.78 is 24.1. The quantitative estimate of drug-likeness (QED) is 0.395. The van der Waals surface area contributed by atoms with Crippen LogP contribution < -0.4 is 4.72 Å². The third-order valence-electron chi connectivity index (χ3n) is 1.66. The number of nitrogens with one attached hydrogen (secondary N) is 1. The smallest absolute Gasteiger partial charge is 0.212 e. The minimum Gasteiger partial charge on any atom is -0.394 e. The SMILES string of the molecule is CCS(=O)(=O)NC(CO)(CO)CO. The first-order valence-electron chi connectivity index (χ1n) is 3.79. The highest BCUT2D eigenvalue weighted by Gasteiger charge is 2.32. The van der Waals surface area contributed by atoms with E-state index in [-0.39, 0.29) is 5.75 Å². The lowest BCUT2D eigenvalue weighted by Gasteiger charge is -2.27. The molecular formula is C6H15NO5S. The highest BCUT2D eigenvalue weighted by Crippen LogP contribution is 2.04. The lowest BCUT2D eigenvalue weighted by atomic mass is 10.1. The molecule has 7 heteroatoms. The molecule has 0 unspecified atom stereocenters. The van der Waals surface area contributed by atoms with Gasteiger partial charge >= 0.3 is 0 Å². The van der Waals surface area contributed by atoms with Crippen LogP contribution in [0.1, 0.15) is 6.92 Å². The standard InChI is InChI=1S/C6H15NO5S/c1-2-13(11,12)7-6(3-8,4-9)5-10/h7-10H,2-5H2,1H3. The summed E-state index contributed by atoms with van der Waals surface area (Å²) in [7, 11) is -3.54. The number of hydrogen-bond donors (Lipinski definition) is 4. The van der Waals surface area contributed by atoms with Crippen molar-refractivity contribution in [2.45, 2.75) is 12.5 Å². The minimum atomic E-state index is -3.54. The van der Waals surface area contributed by atoms with Crippen LogP contribution in [0.15, 0.2) is 0 Å². The van der Waals surface area contributed by atoms with E-state index in [9.17, 15) is 8.42 Å². The lowest BCUT2D eigenvalue weighted by molar-refractivity contribution is 0.0582. The van der Waals surface area contributed by atoms with Gasteiger partial charge in [-0.1, -0.05) is 0 Å². The van der Waals surface area contributed by atoms with Gasteiger partial charge in [-0.05, 0) is 6.92 Å². The van der Waals surface area contributed by atoms with Crippen LogP contribution >= 0.6 is 0 Å². The average molecular weight is 213 g/mol. The maximum atomic E-state index is 11.0. The van der Waals surface area contributed by atoms with E-state index in [1.54, 1.807) is 0 Å². The van der Waals surface area contributed by atoms with Crippen LogP contribution in [0, 0.1) is 0 Å². The second-order valence-corrected chi connectivity index (χ2v) is 4.77. The minimum absolute atomic E-state index is 0.172. The number of aliphatic hydroxyl groups excluding tert-OH is 3. The van der Waals surface area contributed by atoms with Crippen molar-refractivity contribution in [3.63, 3.8) is 0 Å². The Balaban J connectivity index is 4.61. The van der Waals surface area contributed by atoms with Gasteiger partial charge in [0, 0.05) is 0 Å².